The predicted molar refractivity (Wildman–Crippen MR) is 111 cm³/mol. The fourth-order valence-electron chi connectivity index (χ4n) is 2.87. The molecule has 1 aromatic heterocycles. The molecule has 3 N–H and O–H groups in total. The van der Waals surface area contributed by atoms with Crippen molar-refractivity contribution in [3.05, 3.63) is 53.9 Å². The highest BCUT2D eigenvalue weighted by atomic mass is 16.5. The molecule has 6 heteroatoms. The quantitative estimate of drug-likeness (QED) is 0.642. The van der Waals surface area contributed by atoms with Crippen LogP contribution in [0.15, 0.2) is 42.7 Å². The van der Waals surface area contributed by atoms with Crippen LogP contribution in [0.3, 0.4) is 0 Å². The van der Waals surface area contributed by atoms with Crippen LogP contribution in [-0.2, 0) is 4.79 Å². The fourth-order valence-corrected chi connectivity index (χ4v) is 2.87. The summed E-state index contributed by atoms with van der Waals surface area (Å²) in [6.45, 7) is 5.60. The highest BCUT2D eigenvalue weighted by Crippen LogP contribution is 2.34. The average Bonchev–Trinajstić information content (AvgIpc) is 2.66. The van der Waals surface area contributed by atoms with Gasteiger partial charge in [-0.1, -0.05) is 12.0 Å². The van der Waals surface area contributed by atoms with Crippen molar-refractivity contribution in [3.8, 4) is 18.1 Å². The largest absolute Gasteiger partial charge is 0.491 e. The fraction of sp³-hybridized carbons (Fsp3) is 0.227. The zero-order valence-electron chi connectivity index (χ0n) is 16.1. The molecule has 0 aliphatic rings. The number of anilines is 2. The summed E-state index contributed by atoms with van der Waals surface area (Å²) in [5.74, 6) is 2.86. The summed E-state index contributed by atoms with van der Waals surface area (Å²) < 4.78 is 5.90. The number of primary amides is 1. The van der Waals surface area contributed by atoms with Gasteiger partial charge in [0.2, 0.25) is 5.91 Å². The van der Waals surface area contributed by atoms with E-state index in [9.17, 15) is 4.79 Å². The van der Waals surface area contributed by atoms with E-state index in [-0.39, 0.29) is 6.10 Å². The number of amides is 1. The number of ether oxygens (including phenoxy) is 1. The van der Waals surface area contributed by atoms with Gasteiger partial charge in [-0.05, 0) is 45.0 Å². The molecule has 0 aliphatic carbocycles. The van der Waals surface area contributed by atoms with Crippen LogP contribution in [0.1, 0.15) is 37.8 Å². The molecule has 6 nitrogen and oxygen atoms in total. The number of aromatic nitrogens is 2. The average molecular weight is 374 g/mol. The Labute approximate surface area is 164 Å². The number of fused-ring (bicyclic) bond motifs is 1. The number of nitrogens with zero attached hydrogens (tertiary/aromatic N) is 2. The first-order valence-electron chi connectivity index (χ1n) is 8.97. The Morgan fingerprint density at radius 3 is 2.68 bits per heavy atom. The number of carbonyl (C=O) groups excluding carboxylic acids is 1. The third kappa shape index (κ3) is 4.04. The molecule has 0 saturated carbocycles. The van der Waals surface area contributed by atoms with Crippen molar-refractivity contribution in [2.75, 3.05) is 5.32 Å². The molecular weight excluding hydrogens is 352 g/mol. The first-order chi connectivity index (χ1) is 13.4. The van der Waals surface area contributed by atoms with Crippen molar-refractivity contribution < 1.29 is 9.53 Å². The molecule has 0 radical (unpaired) electrons. The van der Waals surface area contributed by atoms with E-state index >= 15 is 0 Å². The molecule has 142 valence electrons. The topological polar surface area (TPSA) is 90.1 Å². The Morgan fingerprint density at radius 1 is 1.21 bits per heavy atom. The molecule has 3 aromatic rings. The zero-order valence-corrected chi connectivity index (χ0v) is 16.1. The van der Waals surface area contributed by atoms with E-state index in [2.05, 4.69) is 21.2 Å². The number of terminal acetylenes is 1. The Bertz CT molecular complexity index is 1070. The van der Waals surface area contributed by atoms with Crippen LogP contribution in [0.2, 0.25) is 0 Å². The van der Waals surface area contributed by atoms with Gasteiger partial charge >= 0.3 is 0 Å². The second kappa shape index (κ2) is 7.97. The number of nitrogens with two attached hydrogens (primary N) is 1. The van der Waals surface area contributed by atoms with E-state index in [0.717, 1.165) is 16.6 Å². The number of nitrogens with one attached hydrogen (secondary N) is 1. The van der Waals surface area contributed by atoms with Crippen LogP contribution in [0.25, 0.3) is 10.9 Å². The summed E-state index contributed by atoms with van der Waals surface area (Å²) in [5.41, 5.74) is 8.51. The van der Waals surface area contributed by atoms with E-state index in [0.29, 0.717) is 22.6 Å². The molecule has 0 aliphatic heterocycles. The van der Waals surface area contributed by atoms with E-state index in [1.807, 2.05) is 50.2 Å². The maximum absolute atomic E-state index is 11.8. The van der Waals surface area contributed by atoms with Crippen LogP contribution >= 0.6 is 0 Å². The molecule has 1 atom stereocenters. The van der Waals surface area contributed by atoms with Crippen molar-refractivity contribution in [1.29, 1.82) is 0 Å². The molecule has 28 heavy (non-hydrogen) atoms. The van der Waals surface area contributed by atoms with E-state index < -0.39 is 11.8 Å². The number of carbonyl (C=O) groups is 1. The number of rotatable bonds is 6. The first-order valence-corrected chi connectivity index (χ1v) is 8.97. The van der Waals surface area contributed by atoms with Gasteiger partial charge in [-0.15, -0.1) is 6.42 Å². The van der Waals surface area contributed by atoms with Gasteiger partial charge in [-0.3, -0.25) is 4.79 Å². The Hall–Kier alpha value is -3.59. The molecule has 0 spiro atoms. The van der Waals surface area contributed by atoms with Gasteiger partial charge < -0.3 is 15.8 Å². The molecule has 1 unspecified atom stereocenters. The van der Waals surface area contributed by atoms with E-state index in [4.69, 9.17) is 16.9 Å². The van der Waals surface area contributed by atoms with Crippen molar-refractivity contribution in [3.63, 3.8) is 0 Å². The Morgan fingerprint density at radius 2 is 2.00 bits per heavy atom. The molecule has 3 rings (SSSR count). The molecule has 0 bridgehead atoms. The second-order valence-electron chi connectivity index (χ2n) is 6.77. The summed E-state index contributed by atoms with van der Waals surface area (Å²) in [4.78, 5) is 20.5. The van der Waals surface area contributed by atoms with Gasteiger partial charge in [0.15, 0.2) is 0 Å². The maximum Gasteiger partial charge on any atom is 0.224 e. The lowest BCUT2D eigenvalue weighted by Gasteiger charge is -2.19. The summed E-state index contributed by atoms with van der Waals surface area (Å²) in [5, 5.41) is 4.03. The van der Waals surface area contributed by atoms with Gasteiger partial charge in [0.25, 0.3) is 0 Å². The molecule has 2 aromatic carbocycles. The van der Waals surface area contributed by atoms with Crippen LogP contribution in [0, 0.1) is 12.3 Å². The molecule has 1 heterocycles. The van der Waals surface area contributed by atoms with Gasteiger partial charge in [0.1, 0.15) is 17.9 Å². The number of benzene rings is 2. The molecular formula is C22H22N4O2. The monoisotopic (exact) mass is 374 g/mol. The van der Waals surface area contributed by atoms with Crippen LogP contribution in [0.5, 0.6) is 5.75 Å². The first kappa shape index (κ1) is 19.2. The van der Waals surface area contributed by atoms with E-state index in [1.54, 1.807) is 6.92 Å². The minimum atomic E-state index is -0.518. The lowest BCUT2D eigenvalue weighted by molar-refractivity contribution is -0.119. The van der Waals surface area contributed by atoms with Crippen LogP contribution in [0.4, 0.5) is 11.5 Å². The summed E-state index contributed by atoms with van der Waals surface area (Å²) in [6, 6.07) is 11.2. The Balaban J connectivity index is 2.13. The SMILES string of the molecule is C#Cc1cccc(Nc2ncnc3cc(OC(C)C)c(C(C)C(N)=O)cc23)c1. The van der Waals surface area contributed by atoms with Crippen molar-refractivity contribution in [1.82, 2.24) is 9.97 Å². The third-order valence-corrected chi connectivity index (χ3v) is 4.31. The predicted octanol–water partition coefficient (Wildman–Crippen LogP) is 3.73. The van der Waals surface area contributed by atoms with Gasteiger partial charge in [0, 0.05) is 28.3 Å². The van der Waals surface area contributed by atoms with Crippen LogP contribution < -0.4 is 15.8 Å². The van der Waals surface area contributed by atoms with Gasteiger partial charge in [0.05, 0.1) is 17.5 Å². The second-order valence-corrected chi connectivity index (χ2v) is 6.77. The number of hydrogen-bond donors (Lipinski definition) is 2. The zero-order chi connectivity index (χ0) is 20.3. The standard InChI is InChI=1S/C22H22N4O2/c1-5-15-7-6-8-16(9-15)26-22-18-10-17(14(4)21(23)27)20(28-13(2)3)11-19(18)24-12-25-22/h1,6-14H,2-4H3,(H2,23,27)(H,24,25,26). The van der Waals surface area contributed by atoms with Crippen LogP contribution in [-0.4, -0.2) is 22.0 Å². The van der Waals surface area contributed by atoms with Gasteiger partial charge in [-0.25, -0.2) is 9.97 Å². The third-order valence-electron chi connectivity index (χ3n) is 4.31. The van der Waals surface area contributed by atoms with Crippen molar-refractivity contribution >= 4 is 28.3 Å². The highest BCUT2D eigenvalue weighted by molar-refractivity contribution is 5.94. The van der Waals surface area contributed by atoms with E-state index in [1.165, 1.54) is 6.33 Å². The van der Waals surface area contributed by atoms with Crippen molar-refractivity contribution in [2.45, 2.75) is 32.8 Å². The normalized spacial score (nSPS) is 11.8. The lowest BCUT2D eigenvalue weighted by atomic mass is 9.97. The summed E-state index contributed by atoms with van der Waals surface area (Å²) in [7, 11) is 0. The smallest absolute Gasteiger partial charge is 0.224 e. The summed E-state index contributed by atoms with van der Waals surface area (Å²) in [6.07, 6.45) is 6.90. The minimum absolute atomic E-state index is 0.0535. The minimum Gasteiger partial charge on any atom is -0.491 e. The highest BCUT2D eigenvalue weighted by Gasteiger charge is 2.20. The number of hydrogen-bond acceptors (Lipinski definition) is 5. The Kier molecular flexibility index (Phi) is 5.46. The molecule has 0 saturated heterocycles. The maximum atomic E-state index is 11.8. The van der Waals surface area contributed by atoms with Crippen molar-refractivity contribution in [2.24, 2.45) is 5.73 Å². The molecule has 0 fully saturated rings. The lowest BCUT2D eigenvalue weighted by Crippen LogP contribution is -2.20. The molecule has 1 amide bonds. The summed E-state index contributed by atoms with van der Waals surface area (Å²) >= 11 is 0. The van der Waals surface area contributed by atoms with Gasteiger partial charge in [-0.2, -0.15) is 0 Å².